The summed E-state index contributed by atoms with van der Waals surface area (Å²) in [5, 5.41) is 13.5. The van der Waals surface area contributed by atoms with Gasteiger partial charge < -0.3 is 14.6 Å². The van der Waals surface area contributed by atoms with E-state index in [4.69, 9.17) is 9.47 Å². The van der Waals surface area contributed by atoms with E-state index in [1.165, 1.54) is 0 Å². The zero-order valence-electron chi connectivity index (χ0n) is 13.2. The molecule has 3 rings (SSSR count). The zero-order chi connectivity index (χ0) is 16.9. The predicted octanol–water partition coefficient (Wildman–Crippen LogP) is 2.46. The SMILES string of the molecule is CC/C(=N\NC(=O)[C@H]1COc2ccccc2O1)c1ccc(O)cc1. The van der Waals surface area contributed by atoms with Gasteiger partial charge in [0.15, 0.2) is 11.5 Å². The van der Waals surface area contributed by atoms with Crippen molar-refractivity contribution in [3.05, 3.63) is 54.1 Å². The Morgan fingerprint density at radius 1 is 1.21 bits per heavy atom. The Bertz CT molecular complexity index is 756. The van der Waals surface area contributed by atoms with Crippen LogP contribution in [0.25, 0.3) is 0 Å². The van der Waals surface area contributed by atoms with Gasteiger partial charge in [-0.05, 0) is 48.4 Å². The van der Waals surface area contributed by atoms with Crippen LogP contribution in [0.5, 0.6) is 17.2 Å². The van der Waals surface area contributed by atoms with Crippen molar-refractivity contribution in [2.24, 2.45) is 5.10 Å². The van der Waals surface area contributed by atoms with E-state index in [1.54, 1.807) is 36.4 Å². The molecule has 1 amide bonds. The van der Waals surface area contributed by atoms with Gasteiger partial charge in [-0.1, -0.05) is 19.1 Å². The molecule has 6 nitrogen and oxygen atoms in total. The maximum Gasteiger partial charge on any atom is 0.284 e. The summed E-state index contributed by atoms with van der Waals surface area (Å²) in [6.07, 6.45) is -0.114. The molecule has 0 saturated carbocycles. The van der Waals surface area contributed by atoms with E-state index in [2.05, 4.69) is 10.5 Å². The van der Waals surface area contributed by atoms with E-state index in [9.17, 15) is 9.90 Å². The van der Waals surface area contributed by atoms with Gasteiger partial charge >= 0.3 is 0 Å². The number of nitrogens with zero attached hydrogens (tertiary/aromatic N) is 1. The molecule has 124 valence electrons. The molecule has 6 heteroatoms. The number of hydrogen-bond donors (Lipinski definition) is 2. The minimum absolute atomic E-state index is 0.138. The number of aromatic hydroxyl groups is 1. The number of rotatable bonds is 4. The van der Waals surface area contributed by atoms with Gasteiger partial charge in [0.25, 0.3) is 5.91 Å². The first kappa shape index (κ1) is 15.9. The number of nitrogens with one attached hydrogen (secondary N) is 1. The molecule has 0 saturated heterocycles. The molecule has 1 aliphatic rings. The van der Waals surface area contributed by atoms with Crippen molar-refractivity contribution in [2.75, 3.05) is 6.61 Å². The number of para-hydroxylation sites is 2. The average Bonchev–Trinajstić information content (AvgIpc) is 2.63. The third-order valence-corrected chi connectivity index (χ3v) is 3.64. The van der Waals surface area contributed by atoms with Crippen LogP contribution in [0.4, 0.5) is 0 Å². The lowest BCUT2D eigenvalue weighted by Crippen LogP contribution is -2.42. The first-order valence-corrected chi connectivity index (χ1v) is 7.71. The number of hydrogen-bond acceptors (Lipinski definition) is 5. The molecule has 0 unspecified atom stereocenters. The van der Waals surface area contributed by atoms with E-state index in [1.807, 2.05) is 19.1 Å². The lowest BCUT2D eigenvalue weighted by Gasteiger charge is -2.24. The van der Waals surface area contributed by atoms with Gasteiger partial charge in [0, 0.05) is 0 Å². The number of amides is 1. The molecular weight excluding hydrogens is 308 g/mol. The van der Waals surface area contributed by atoms with Gasteiger partial charge in [-0.3, -0.25) is 4.79 Å². The Morgan fingerprint density at radius 2 is 1.92 bits per heavy atom. The van der Waals surface area contributed by atoms with Crippen molar-refractivity contribution in [3.63, 3.8) is 0 Å². The predicted molar refractivity (Wildman–Crippen MR) is 89.4 cm³/mol. The largest absolute Gasteiger partial charge is 0.508 e. The molecule has 2 aromatic rings. The number of hydrazone groups is 1. The highest BCUT2D eigenvalue weighted by Gasteiger charge is 2.27. The number of carbonyl (C=O) groups is 1. The highest BCUT2D eigenvalue weighted by atomic mass is 16.6. The van der Waals surface area contributed by atoms with Crippen molar-refractivity contribution in [1.29, 1.82) is 0 Å². The first-order chi connectivity index (χ1) is 11.7. The summed E-state index contributed by atoms with van der Waals surface area (Å²) in [6.45, 7) is 2.08. The van der Waals surface area contributed by atoms with E-state index in [0.717, 1.165) is 5.56 Å². The summed E-state index contributed by atoms with van der Waals surface area (Å²) >= 11 is 0. The van der Waals surface area contributed by atoms with Crippen LogP contribution in [0.1, 0.15) is 18.9 Å². The van der Waals surface area contributed by atoms with Gasteiger partial charge in [0.1, 0.15) is 12.4 Å². The lowest BCUT2D eigenvalue weighted by atomic mass is 10.1. The third-order valence-electron chi connectivity index (χ3n) is 3.64. The number of phenolic OH excluding ortho intramolecular Hbond substituents is 1. The van der Waals surface area contributed by atoms with Gasteiger partial charge in [0.2, 0.25) is 6.10 Å². The Hall–Kier alpha value is -3.02. The lowest BCUT2D eigenvalue weighted by molar-refractivity contribution is -0.130. The minimum Gasteiger partial charge on any atom is -0.508 e. The van der Waals surface area contributed by atoms with Gasteiger partial charge in [-0.2, -0.15) is 5.10 Å². The maximum absolute atomic E-state index is 12.3. The monoisotopic (exact) mass is 326 g/mol. The van der Waals surface area contributed by atoms with E-state index in [0.29, 0.717) is 23.6 Å². The molecule has 1 aliphatic heterocycles. The average molecular weight is 326 g/mol. The zero-order valence-corrected chi connectivity index (χ0v) is 13.2. The number of carbonyl (C=O) groups excluding carboxylic acids is 1. The van der Waals surface area contributed by atoms with Crippen molar-refractivity contribution in [3.8, 4) is 17.2 Å². The van der Waals surface area contributed by atoms with Gasteiger partial charge in [-0.25, -0.2) is 5.43 Å². The molecule has 0 radical (unpaired) electrons. The van der Waals surface area contributed by atoms with Crippen molar-refractivity contribution < 1.29 is 19.4 Å². The van der Waals surface area contributed by atoms with Crippen LogP contribution in [0.3, 0.4) is 0 Å². The second-order valence-electron chi connectivity index (χ2n) is 5.30. The van der Waals surface area contributed by atoms with E-state index in [-0.39, 0.29) is 18.3 Å². The molecule has 24 heavy (non-hydrogen) atoms. The fourth-order valence-corrected chi connectivity index (χ4v) is 2.34. The van der Waals surface area contributed by atoms with Crippen molar-refractivity contribution in [2.45, 2.75) is 19.4 Å². The molecule has 0 spiro atoms. The molecule has 2 N–H and O–H groups in total. The highest BCUT2D eigenvalue weighted by molar-refractivity contribution is 6.01. The van der Waals surface area contributed by atoms with E-state index >= 15 is 0 Å². The summed E-state index contributed by atoms with van der Waals surface area (Å²) < 4.78 is 11.2. The molecule has 0 fully saturated rings. The number of phenols is 1. The molecule has 0 aromatic heterocycles. The third kappa shape index (κ3) is 3.48. The molecule has 0 bridgehead atoms. The van der Waals surface area contributed by atoms with Crippen molar-refractivity contribution >= 4 is 11.6 Å². The summed E-state index contributed by atoms with van der Waals surface area (Å²) in [6, 6.07) is 13.9. The number of fused-ring (bicyclic) bond motifs is 1. The van der Waals surface area contributed by atoms with Gasteiger partial charge in [0.05, 0.1) is 5.71 Å². The second kappa shape index (κ2) is 7.04. The highest BCUT2D eigenvalue weighted by Crippen LogP contribution is 2.30. The van der Waals surface area contributed by atoms with Crippen LogP contribution >= 0.6 is 0 Å². The Morgan fingerprint density at radius 3 is 2.62 bits per heavy atom. The number of ether oxygens (including phenoxy) is 2. The molecule has 0 aliphatic carbocycles. The summed E-state index contributed by atoms with van der Waals surface area (Å²) in [5.74, 6) is 0.990. The van der Waals surface area contributed by atoms with Crippen LogP contribution in [0.2, 0.25) is 0 Å². The van der Waals surface area contributed by atoms with Crippen LogP contribution in [0.15, 0.2) is 53.6 Å². The normalized spacial score (nSPS) is 16.5. The quantitative estimate of drug-likeness (QED) is 0.668. The van der Waals surface area contributed by atoms with Crippen LogP contribution in [0, 0.1) is 0 Å². The van der Waals surface area contributed by atoms with Crippen molar-refractivity contribution in [1.82, 2.24) is 5.43 Å². The van der Waals surface area contributed by atoms with Gasteiger partial charge in [-0.15, -0.1) is 0 Å². The van der Waals surface area contributed by atoms with Crippen LogP contribution in [-0.2, 0) is 4.79 Å². The van der Waals surface area contributed by atoms with E-state index < -0.39 is 6.10 Å². The Labute approximate surface area is 139 Å². The molecule has 1 atom stereocenters. The second-order valence-corrected chi connectivity index (χ2v) is 5.30. The summed E-state index contributed by atoms with van der Waals surface area (Å²) in [5.41, 5.74) is 4.07. The Kier molecular flexibility index (Phi) is 4.65. The van der Waals surface area contributed by atoms with Crippen LogP contribution < -0.4 is 14.9 Å². The first-order valence-electron chi connectivity index (χ1n) is 7.71. The fourth-order valence-electron chi connectivity index (χ4n) is 2.34. The molecule has 1 heterocycles. The fraction of sp³-hybridized carbons (Fsp3) is 0.222. The summed E-state index contributed by atoms with van der Waals surface area (Å²) in [7, 11) is 0. The number of benzene rings is 2. The minimum atomic E-state index is -0.749. The smallest absolute Gasteiger partial charge is 0.284 e. The summed E-state index contributed by atoms with van der Waals surface area (Å²) in [4.78, 5) is 12.3. The molecule has 2 aromatic carbocycles. The molecular formula is C18H18N2O4. The topological polar surface area (TPSA) is 80.2 Å². The standard InChI is InChI=1S/C18H18N2O4/c1-2-14(12-7-9-13(21)10-8-12)19-20-18(22)17-11-23-15-5-3-4-6-16(15)24-17/h3-10,17,21H,2,11H2,1H3,(H,20,22)/b19-14+/t17-/m1/s1. The Balaban J connectivity index is 1.67. The van der Waals surface area contributed by atoms with Crippen LogP contribution in [-0.4, -0.2) is 29.4 Å². The maximum atomic E-state index is 12.3.